The molecule has 1 saturated heterocycles. The summed E-state index contributed by atoms with van der Waals surface area (Å²) in [5, 5.41) is 9.05. The number of aryl methyl sites for hydroxylation is 2. The molecule has 0 radical (unpaired) electrons. The van der Waals surface area contributed by atoms with Gasteiger partial charge in [0.05, 0.1) is 11.6 Å². The predicted molar refractivity (Wildman–Crippen MR) is 104 cm³/mol. The molecule has 0 amide bonds. The van der Waals surface area contributed by atoms with Crippen molar-refractivity contribution in [2.75, 3.05) is 18.4 Å². The first-order valence-corrected chi connectivity index (χ1v) is 9.44. The maximum absolute atomic E-state index is 4.74. The highest BCUT2D eigenvalue weighted by atomic mass is 15.3. The average molecular weight is 350 g/mol. The molecule has 1 N–H and O–H groups in total. The summed E-state index contributed by atoms with van der Waals surface area (Å²) in [5.74, 6) is 1.78. The average Bonchev–Trinajstić information content (AvgIpc) is 3.04. The number of hydrogen-bond acceptors (Lipinski definition) is 5. The van der Waals surface area contributed by atoms with E-state index in [9.17, 15) is 0 Å². The lowest BCUT2D eigenvalue weighted by molar-refractivity contribution is 0.208. The third kappa shape index (κ3) is 3.55. The summed E-state index contributed by atoms with van der Waals surface area (Å²) in [7, 11) is 1.93. The number of nitrogens with zero attached hydrogens (tertiary/aromatic N) is 5. The van der Waals surface area contributed by atoms with Crippen LogP contribution in [-0.2, 0) is 20.0 Å². The molecule has 1 aliphatic rings. The molecule has 0 unspecified atom stereocenters. The highest BCUT2D eigenvalue weighted by Crippen LogP contribution is 2.23. The Hall–Kier alpha value is -2.47. The molecule has 26 heavy (non-hydrogen) atoms. The monoisotopic (exact) mass is 350 g/mol. The first kappa shape index (κ1) is 17.0. The minimum Gasteiger partial charge on any atom is -0.365 e. The number of anilines is 1. The number of rotatable bonds is 5. The van der Waals surface area contributed by atoms with Crippen LogP contribution in [0.5, 0.6) is 0 Å². The molecular weight excluding hydrogens is 324 g/mol. The van der Waals surface area contributed by atoms with Gasteiger partial charge in [0, 0.05) is 32.6 Å². The highest BCUT2D eigenvalue weighted by Gasteiger charge is 2.22. The van der Waals surface area contributed by atoms with Crippen molar-refractivity contribution in [3.63, 3.8) is 0 Å². The van der Waals surface area contributed by atoms with Crippen LogP contribution >= 0.6 is 0 Å². The van der Waals surface area contributed by atoms with Gasteiger partial charge in [0.2, 0.25) is 0 Å². The van der Waals surface area contributed by atoms with E-state index in [1.807, 2.05) is 17.9 Å². The summed E-state index contributed by atoms with van der Waals surface area (Å²) in [4.78, 5) is 11.9. The number of nitrogens with one attached hydrogen (secondary N) is 1. The van der Waals surface area contributed by atoms with Gasteiger partial charge < -0.3 is 5.32 Å². The number of piperidine rings is 1. The van der Waals surface area contributed by atoms with Gasteiger partial charge in [0.25, 0.3) is 0 Å². The predicted octanol–water partition coefficient (Wildman–Crippen LogP) is 3.00. The van der Waals surface area contributed by atoms with Crippen molar-refractivity contribution < 1.29 is 0 Å². The first-order chi connectivity index (χ1) is 12.7. The lowest BCUT2D eigenvalue weighted by Crippen LogP contribution is -2.41. The van der Waals surface area contributed by atoms with Gasteiger partial charge in [-0.3, -0.25) is 9.58 Å². The summed E-state index contributed by atoms with van der Waals surface area (Å²) in [6.07, 6.45) is 5.05. The zero-order chi connectivity index (χ0) is 17.9. The van der Waals surface area contributed by atoms with Crippen LogP contribution in [-0.4, -0.2) is 43.8 Å². The van der Waals surface area contributed by atoms with Crippen molar-refractivity contribution >= 4 is 16.9 Å². The summed E-state index contributed by atoms with van der Waals surface area (Å²) in [6, 6.07) is 11.1. The second-order valence-electron chi connectivity index (χ2n) is 7.05. The molecular formula is C20H26N6. The molecule has 6 heteroatoms. The Bertz CT molecular complexity index is 873. The Morgan fingerprint density at radius 3 is 2.85 bits per heavy atom. The third-order valence-electron chi connectivity index (χ3n) is 5.05. The number of hydrogen-bond donors (Lipinski definition) is 1. The topological polar surface area (TPSA) is 58.9 Å². The van der Waals surface area contributed by atoms with Gasteiger partial charge in [0.1, 0.15) is 11.6 Å². The molecule has 4 rings (SSSR count). The van der Waals surface area contributed by atoms with Crippen LogP contribution in [0.25, 0.3) is 11.0 Å². The van der Waals surface area contributed by atoms with Gasteiger partial charge >= 0.3 is 0 Å². The van der Waals surface area contributed by atoms with E-state index >= 15 is 0 Å². The van der Waals surface area contributed by atoms with Crippen LogP contribution in [0.3, 0.4) is 0 Å². The zero-order valence-electron chi connectivity index (χ0n) is 15.5. The quantitative estimate of drug-likeness (QED) is 0.766. The fourth-order valence-electron chi connectivity index (χ4n) is 3.69. The Kier molecular flexibility index (Phi) is 4.84. The standard InChI is InChI=1S/C20H26N6/c1-3-18-23-19(17-12-21-25(2)20(17)24-18)22-16-10-7-11-26(14-16)13-15-8-5-4-6-9-15/h4-6,8-9,12,16H,3,7,10-11,13-14H2,1-2H3,(H,22,23,24)/t16-/m0/s1. The molecule has 0 bridgehead atoms. The lowest BCUT2D eigenvalue weighted by atomic mass is 10.0. The number of fused-ring (bicyclic) bond motifs is 1. The first-order valence-electron chi connectivity index (χ1n) is 9.44. The highest BCUT2D eigenvalue weighted by molar-refractivity contribution is 5.86. The molecule has 1 aliphatic heterocycles. The molecule has 3 aromatic rings. The van der Waals surface area contributed by atoms with E-state index in [2.05, 4.69) is 57.6 Å². The zero-order valence-corrected chi connectivity index (χ0v) is 15.5. The Balaban J connectivity index is 1.51. The van der Waals surface area contributed by atoms with Gasteiger partial charge in [-0.15, -0.1) is 0 Å². The van der Waals surface area contributed by atoms with E-state index in [1.165, 1.54) is 18.4 Å². The van der Waals surface area contributed by atoms with Crippen LogP contribution in [0.4, 0.5) is 5.82 Å². The Morgan fingerprint density at radius 1 is 1.19 bits per heavy atom. The molecule has 3 heterocycles. The van der Waals surface area contributed by atoms with Crippen LogP contribution in [0, 0.1) is 0 Å². The Labute approximate surface area is 154 Å². The van der Waals surface area contributed by atoms with E-state index in [1.54, 1.807) is 0 Å². The van der Waals surface area contributed by atoms with E-state index in [4.69, 9.17) is 4.98 Å². The van der Waals surface area contributed by atoms with Crippen molar-refractivity contribution in [3.8, 4) is 0 Å². The molecule has 0 spiro atoms. The van der Waals surface area contributed by atoms with E-state index in [0.29, 0.717) is 6.04 Å². The normalized spacial score (nSPS) is 18.3. The fourth-order valence-corrected chi connectivity index (χ4v) is 3.69. The van der Waals surface area contributed by atoms with E-state index in [0.717, 1.165) is 48.7 Å². The van der Waals surface area contributed by atoms with Crippen molar-refractivity contribution in [1.29, 1.82) is 0 Å². The summed E-state index contributed by atoms with van der Waals surface area (Å²) >= 11 is 0. The second-order valence-corrected chi connectivity index (χ2v) is 7.05. The lowest BCUT2D eigenvalue weighted by Gasteiger charge is -2.33. The number of benzene rings is 1. The maximum atomic E-state index is 4.74. The third-order valence-corrected chi connectivity index (χ3v) is 5.05. The van der Waals surface area contributed by atoms with Crippen molar-refractivity contribution in [1.82, 2.24) is 24.6 Å². The largest absolute Gasteiger partial charge is 0.365 e. The van der Waals surface area contributed by atoms with Gasteiger partial charge in [0.15, 0.2) is 5.65 Å². The van der Waals surface area contributed by atoms with Crippen molar-refractivity contribution in [2.24, 2.45) is 7.05 Å². The van der Waals surface area contributed by atoms with Gasteiger partial charge in [-0.25, -0.2) is 9.97 Å². The van der Waals surface area contributed by atoms with Crippen LogP contribution in [0.1, 0.15) is 31.2 Å². The van der Waals surface area contributed by atoms with Crippen LogP contribution < -0.4 is 5.32 Å². The molecule has 1 aromatic carbocycles. The van der Waals surface area contributed by atoms with Crippen LogP contribution in [0.15, 0.2) is 36.5 Å². The van der Waals surface area contributed by atoms with Gasteiger partial charge in [-0.05, 0) is 24.9 Å². The minimum atomic E-state index is 0.399. The van der Waals surface area contributed by atoms with Gasteiger partial charge in [-0.1, -0.05) is 37.3 Å². The summed E-state index contributed by atoms with van der Waals surface area (Å²) in [5.41, 5.74) is 2.27. The van der Waals surface area contributed by atoms with E-state index in [-0.39, 0.29) is 0 Å². The summed E-state index contributed by atoms with van der Waals surface area (Å²) in [6.45, 7) is 5.27. The number of aromatic nitrogens is 4. The van der Waals surface area contributed by atoms with Gasteiger partial charge in [-0.2, -0.15) is 5.10 Å². The maximum Gasteiger partial charge on any atom is 0.163 e. The minimum absolute atomic E-state index is 0.399. The van der Waals surface area contributed by atoms with Crippen LogP contribution in [0.2, 0.25) is 0 Å². The molecule has 2 aromatic heterocycles. The molecule has 0 saturated carbocycles. The van der Waals surface area contributed by atoms with Crippen molar-refractivity contribution in [2.45, 2.75) is 38.8 Å². The number of likely N-dealkylation sites (tertiary alicyclic amines) is 1. The second kappa shape index (κ2) is 7.41. The molecule has 1 fully saturated rings. The fraction of sp³-hybridized carbons (Fsp3) is 0.450. The molecule has 0 aliphatic carbocycles. The smallest absolute Gasteiger partial charge is 0.163 e. The molecule has 1 atom stereocenters. The van der Waals surface area contributed by atoms with Crippen molar-refractivity contribution in [3.05, 3.63) is 47.9 Å². The molecule has 136 valence electrons. The summed E-state index contributed by atoms with van der Waals surface area (Å²) < 4.78 is 1.82. The molecule has 6 nitrogen and oxygen atoms in total. The van der Waals surface area contributed by atoms with E-state index < -0.39 is 0 Å². The Morgan fingerprint density at radius 2 is 2.04 bits per heavy atom. The SMILES string of the molecule is CCc1nc(N[C@H]2CCCN(Cc3ccccc3)C2)c2cnn(C)c2n1.